The summed E-state index contributed by atoms with van der Waals surface area (Å²) in [6, 6.07) is 9.35. The maximum atomic E-state index is 12.8. The first-order chi connectivity index (χ1) is 11.0. The van der Waals surface area contributed by atoms with Gasteiger partial charge < -0.3 is 10.0 Å². The van der Waals surface area contributed by atoms with Crippen LogP contribution in [-0.2, 0) is 4.79 Å². The molecule has 1 heterocycles. The molecule has 0 radical (unpaired) electrons. The highest BCUT2D eigenvalue weighted by Gasteiger charge is 2.26. The minimum Gasteiger partial charge on any atom is -0.480 e. The molecule has 122 valence electrons. The van der Waals surface area contributed by atoms with Crippen molar-refractivity contribution in [1.82, 2.24) is 14.7 Å². The Kier molecular flexibility index (Phi) is 5.16. The molecule has 1 unspecified atom stereocenters. The third-order valence-corrected chi connectivity index (χ3v) is 3.93. The van der Waals surface area contributed by atoms with Crippen LogP contribution in [-0.4, -0.2) is 44.3 Å². The molecule has 6 heteroatoms. The molecule has 0 fully saturated rings. The fourth-order valence-electron chi connectivity index (χ4n) is 2.40. The van der Waals surface area contributed by atoms with E-state index in [0.717, 1.165) is 5.69 Å². The van der Waals surface area contributed by atoms with Gasteiger partial charge in [0.05, 0.1) is 23.1 Å². The average molecular weight is 315 g/mol. The number of nitrogens with zero attached hydrogens (tertiary/aromatic N) is 3. The Morgan fingerprint density at radius 3 is 2.52 bits per heavy atom. The number of aliphatic carboxylic acids is 1. The van der Waals surface area contributed by atoms with Crippen LogP contribution in [0.4, 0.5) is 0 Å². The Balaban J connectivity index is 2.35. The number of hydrogen-bond acceptors (Lipinski definition) is 3. The Hall–Kier alpha value is -2.63. The van der Waals surface area contributed by atoms with E-state index < -0.39 is 5.97 Å². The number of carboxylic acid groups (broad SMARTS) is 1. The second kappa shape index (κ2) is 7.09. The van der Waals surface area contributed by atoms with E-state index in [9.17, 15) is 9.59 Å². The molecule has 0 bridgehead atoms. The van der Waals surface area contributed by atoms with Crippen LogP contribution in [0.2, 0.25) is 0 Å². The molecule has 0 saturated carbocycles. The Morgan fingerprint density at radius 2 is 1.96 bits per heavy atom. The highest BCUT2D eigenvalue weighted by molar-refractivity contribution is 5.97. The van der Waals surface area contributed by atoms with Crippen molar-refractivity contribution < 1.29 is 14.7 Å². The number of carbonyl (C=O) groups excluding carboxylic acids is 1. The van der Waals surface area contributed by atoms with Crippen molar-refractivity contribution in [3.8, 4) is 5.69 Å². The van der Waals surface area contributed by atoms with Crippen molar-refractivity contribution in [2.24, 2.45) is 0 Å². The summed E-state index contributed by atoms with van der Waals surface area (Å²) in [4.78, 5) is 25.2. The van der Waals surface area contributed by atoms with Gasteiger partial charge in [-0.15, -0.1) is 0 Å². The van der Waals surface area contributed by atoms with Gasteiger partial charge in [-0.1, -0.05) is 25.1 Å². The van der Waals surface area contributed by atoms with Crippen molar-refractivity contribution in [2.75, 3.05) is 6.54 Å². The normalized spacial score (nSPS) is 12.0. The molecule has 1 amide bonds. The maximum absolute atomic E-state index is 12.8. The Labute approximate surface area is 135 Å². The first-order valence-corrected chi connectivity index (χ1v) is 7.58. The van der Waals surface area contributed by atoms with Gasteiger partial charge in [0.1, 0.15) is 6.54 Å². The molecule has 23 heavy (non-hydrogen) atoms. The fraction of sp³-hybridized carbons (Fsp3) is 0.353. The van der Waals surface area contributed by atoms with Crippen molar-refractivity contribution >= 4 is 11.9 Å². The van der Waals surface area contributed by atoms with E-state index in [0.29, 0.717) is 17.7 Å². The lowest BCUT2D eigenvalue weighted by Crippen LogP contribution is -2.42. The minimum atomic E-state index is -1.02. The summed E-state index contributed by atoms with van der Waals surface area (Å²) in [5.41, 5.74) is 1.98. The molecule has 0 saturated heterocycles. The zero-order chi connectivity index (χ0) is 17.0. The number of rotatable bonds is 6. The van der Waals surface area contributed by atoms with Gasteiger partial charge >= 0.3 is 5.97 Å². The van der Waals surface area contributed by atoms with Crippen LogP contribution in [0.3, 0.4) is 0 Å². The topological polar surface area (TPSA) is 75.4 Å². The molecule has 0 aliphatic rings. The molecule has 0 spiro atoms. The average Bonchev–Trinajstić information content (AvgIpc) is 2.93. The van der Waals surface area contributed by atoms with Crippen LogP contribution in [0.25, 0.3) is 5.69 Å². The molecule has 2 aromatic rings. The minimum absolute atomic E-state index is 0.155. The number of benzene rings is 1. The van der Waals surface area contributed by atoms with E-state index in [2.05, 4.69) is 5.10 Å². The lowest BCUT2D eigenvalue weighted by molar-refractivity contribution is -0.138. The van der Waals surface area contributed by atoms with Gasteiger partial charge in [0, 0.05) is 6.04 Å². The van der Waals surface area contributed by atoms with Crippen LogP contribution < -0.4 is 0 Å². The molecule has 6 nitrogen and oxygen atoms in total. The number of aromatic nitrogens is 2. The van der Waals surface area contributed by atoms with Gasteiger partial charge in [0.15, 0.2) is 0 Å². The Bertz CT molecular complexity index is 694. The quantitative estimate of drug-likeness (QED) is 0.888. The van der Waals surface area contributed by atoms with Crippen LogP contribution >= 0.6 is 0 Å². The molecule has 0 aliphatic carbocycles. The Morgan fingerprint density at radius 1 is 1.30 bits per heavy atom. The molecule has 0 aliphatic heterocycles. The van der Waals surface area contributed by atoms with Crippen LogP contribution in [0.5, 0.6) is 0 Å². The summed E-state index contributed by atoms with van der Waals surface area (Å²) in [7, 11) is 0. The SMILES string of the molecule is CCC(C)N(CC(=O)O)C(=O)c1cnn(-c2ccccc2)c1C. The van der Waals surface area contributed by atoms with E-state index in [4.69, 9.17) is 5.11 Å². The fourth-order valence-corrected chi connectivity index (χ4v) is 2.40. The zero-order valence-corrected chi connectivity index (χ0v) is 13.6. The summed E-state index contributed by atoms with van der Waals surface area (Å²) in [5, 5.41) is 13.3. The smallest absolute Gasteiger partial charge is 0.323 e. The van der Waals surface area contributed by atoms with E-state index in [1.54, 1.807) is 4.68 Å². The summed E-state index contributed by atoms with van der Waals surface area (Å²) in [6.45, 7) is 5.26. The molecule has 1 atom stereocenters. The largest absolute Gasteiger partial charge is 0.480 e. The van der Waals surface area contributed by atoms with Crippen molar-refractivity contribution in [2.45, 2.75) is 33.2 Å². The number of para-hydroxylation sites is 1. The summed E-state index contributed by atoms with van der Waals surface area (Å²) in [6.07, 6.45) is 2.19. The predicted molar refractivity (Wildman–Crippen MR) is 86.7 cm³/mol. The molecular formula is C17H21N3O3. The van der Waals surface area contributed by atoms with Gasteiger partial charge in [-0.3, -0.25) is 9.59 Å². The van der Waals surface area contributed by atoms with E-state index >= 15 is 0 Å². The first kappa shape index (κ1) is 16.7. The second-order valence-corrected chi connectivity index (χ2v) is 5.48. The zero-order valence-electron chi connectivity index (χ0n) is 13.6. The second-order valence-electron chi connectivity index (χ2n) is 5.48. The van der Waals surface area contributed by atoms with Crippen LogP contribution in [0.1, 0.15) is 36.3 Å². The van der Waals surface area contributed by atoms with Crippen LogP contribution in [0.15, 0.2) is 36.5 Å². The highest BCUT2D eigenvalue weighted by Crippen LogP contribution is 2.17. The van der Waals surface area contributed by atoms with Gasteiger partial charge in [-0.25, -0.2) is 4.68 Å². The predicted octanol–water partition coefficient (Wildman–Crippen LogP) is 2.51. The number of amides is 1. The highest BCUT2D eigenvalue weighted by atomic mass is 16.4. The maximum Gasteiger partial charge on any atom is 0.323 e. The van der Waals surface area contributed by atoms with Crippen molar-refractivity contribution in [3.05, 3.63) is 47.8 Å². The monoisotopic (exact) mass is 315 g/mol. The molecular weight excluding hydrogens is 294 g/mol. The molecule has 1 N–H and O–H groups in total. The lowest BCUT2D eigenvalue weighted by Gasteiger charge is -2.26. The van der Waals surface area contributed by atoms with Crippen molar-refractivity contribution in [3.63, 3.8) is 0 Å². The summed E-state index contributed by atoms with van der Waals surface area (Å²) >= 11 is 0. The number of hydrogen-bond donors (Lipinski definition) is 1. The van der Waals surface area contributed by atoms with E-state index in [-0.39, 0.29) is 18.5 Å². The lowest BCUT2D eigenvalue weighted by atomic mass is 10.1. The third kappa shape index (κ3) is 3.59. The third-order valence-electron chi connectivity index (χ3n) is 3.93. The van der Waals surface area contributed by atoms with Crippen molar-refractivity contribution in [1.29, 1.82) is 0 Å². The number of carboxylic acids is 1. The van der Waals surface area contributed by atoms with E-state index in [1.807, 2.05) is 51.1 Å². The molecule has 1 aromatic carbocycles. The standard InChI is InChI=1S/C17H21N3O3/c1-4-12(2)19(11-16(21)22)17(23)15-10-18-20(13(15)3)14-8-6-5-7-9-14/h5-10,12H,4,11H2,1-3H3,(H,21,22). The number of carbonyl (C=O) groups is 2. The van der Waals surface area contributed by atoms with E-state index in [1.165, 1.54) is 11.1 Å². The van der Waals surface area contributed by atoms with Gasteiger partial charge in [0.2, 0.25) is 0 Å². The molecule has 2 rings (SSSR count). The van der Waals surface area contributed by atoms with Gasteiger partial charge in [0.25, 0.3) is 5.91 Å². The van der Waals surface area contributed by atoms with Crippen LogP contribution in [0, 0.1) is 6.92 Å². The summed E-state index contributed by atoms with van der Waals surface area (Å²) in [5.74, 6) is -1.33. The van der Waals surface area contributed by atoms with Gasteiger partial charge in [-0.2, -0.15) is 5.10 Å². The van der Waals surface area contributed by atoms with Gasteiger partial charge in [-0.05, 0) is 32.4 Å². The first-order valence-electron chi connectivity index (χ1n) is 7.58. The molecule has 1 aromatic heterocycles. The summed E-state index contributed by atoms with van der Waals surface area (Å²) < 4.78 is 1.68.